The van der Waals surface area contributed by atoms with Crippen molar-refractivity contribution in [3.05, 3.63) is 41.7 Å². The van der Waals surface area contributed by atoms with Gasteiger partial charge in [-0.3, -0.25) is 14.4 Å². The Hall–Kier alpha value is -2.58. The topological polar surface area (TPSA) is 69.1 Å². The van der Waals surface area contributed by atoms with Gasteiger partial charge in [-0.25, -0.2) is 0 Å². The number of amides is 1. The monoisotopic (exact) mass is 402 g/mol. The molecule has 0 aliphatic carbocycles. The van der Waals surface area contributed by atoms with Crippen LogP contribution in [0.15, 0.2) is 30.3 Å². The Morgan fingerprint density at radius 2 is 2.00 bits per heavy atom. The number of nitrogens with zero attached hydrogens (tertiary/aromatic N) is 4. The van der Waals surface area contributed by atoms with E-state index in [9.17, 15) is 4.79 Å². The lowest BCUT2D eigenvalue weighted by molar-refractivity contribution is -0.132. The third kappa shape index (κ3) is 5.71. The zero-order valence-electron chi connectivity index (χ0n) is 17.6. The molecule has 8 nitrogen and oxygen atoms in total. The number of carbonyl (C=O) groups excluding carboxylic acids is 1. The summed E-state index contributed by atoms with van der Waals surface area (Å²) in [7, 11) is 7.13. The molecule has 158 valence electrons. The Morgan fingerprint density at radius 3 is 2.69 bits per heavy atom. The number of hydrogen-bond acceptors (Lipinski definition) is 6. The number of methoxy groups -OCH3 is 1. The second-order valence-electron chi connectivity index (χ2n) is 7.34. The van der Waals surface area contributed by atoms with Crippen molar-refractivity contribution in [2.75, 3.05) is 54.1 Å². The van der Waals surface area contributed by atoms with Crippen molar-refractivity contribution >= 4 is 5.91 Å². The van der Waals surface area contributed by atoms with E-state index in [1.54, 1.807) is 26.1 Å². The van der Waals surface area contributed by atoms with Crippen molar-refractivity contribution in [1.29, 1.82) is 0 Å². The van der Waals surface area contributed by atoms with Gasteiger partial charge in [0, 0.05) is 46.3 Å². The maximum absolute atomic E-state index is 12.0. The zero-order chi connectivity index (χ0) is 20.8. The third-order valence-electron chi connectivity index (χ3n) is 5.02. The van der Waals surface area contributed by atoms with E-state index in [1.165, 1.54) is 0 Å². The summed E-state index contributed by atoms with van der Waals surface area (Å²) >= 11 is 0. The normalized spacial score (nSPS) is 17.2. The molecule has 0 bridgehead atoms. The minimum Gasteiger partial charge on any atom is -0.497 e. The molecule has 1 saturated heterocycles. The molecule has 0 saturated carbocycles. The van der Waals surface area contributed by atoms with Gasteiger partial charge >= 0.3 is 0 Å². The number of rotatable bonds is 8. The smallest absolute Gasteiger partial charge is 0.236 e. The Morgan fingerprint density at radius 1 is 1.28 bits per heavy atom. The highest BCUT2D eigenvalue weighted by molar-refractivity contribution is 5.77. The third-order valence-corrected chi connectivity index (χ3v) is 5.02. The summed E-state index contributed by atoms with van der Waals surface area (Å²) in [5.41, 5.74) is 1.98. The van der Waals surface area contributed by atoms with Crippen LogP contribution in [0.4, 0.5) is 0 Å². The molecule has 0 N–H and O–H groups in total. The fourth-order valence-electron chi connectivity index (χ4n) is 3.22. The Labute approximate surface area is 171 Å². The first kappa shape index (κ1) is 21.1. The largest absolute Gasteiger partial charge is 0.497 e. The molecule has 1 aliphatic rings. The number of ether oxygens (including phenoxy) is 3. The van der Waals surface area contributed by atoms with Crippen molar-refractivity contribution in [2.24, 2.45) is 7.05 Å². The van der Waals surface area contributed by atoms with Gasteiger partial charge in [0.1, 0.15) is 17.6 Å². The maximum Gasteiger partial charge on any atom is 0.236 e. The van der Waals surface area contributed by atoms with Crippen molar-refractivity contribution in [1.82, 2.24) is 19.6 Å². The summed E-state index contributed by atoms with van der Waals surface area (Å²) in [4.78, 5) is 15.7. The van der Waals surface area contributed by atoms with E-state index in [0.29, 0.717) is 26.3 Å². The molecule has 0 spiro atoms. The highest BCUT2D eigenvalue weighted by Crippen LogP contribution is 2.22. The first-order valence-electron chi connectivity index (χ1n) is 9.80. The van der Waals surface area contributed by atoms with Gasteiger partial charge in [0.25, 0.3) is 0 Å². The van der Waals surface area contributed by atoms with Crippen LogP contribution >= 0.6 is 0 Å². The molecule has 2 heterocycles. The van der Waals surface area contributed by atoms with E-state index < -0.39 is 0 Å². The lowest BCUT2D eigenvalue weighted by Crippen LogP contribution is -2.44. The molecule has 1 fully saturated rings. The van der Waals surface area contributed by atoms with E-state index in [2.05, 4.69) is 16.1 Å². The van der Waals surface area contributed by atoms with Crippen molar-refractivity contribution in [3.63, 3.8) is 0 Å². The average molecular weight is 402 g/mol. The molecule has 1 atom stereocenters. The molecule has 8 heteroatoms. The Balaban J connectivity index is 1.54. The van der Waals surface area contributed by atoms with Crippen molar-refractivity contribution in [2.45, 2.75) is 12.5 Å². The number of benzene rings is 1. The fourth-order valence-corrected chi connectivity index (χ4v) is 3.22. The predicted molar refractivity (Wildman–Crippen MR) is 109 cm³/mol. The molecule has 1 aromatic heterocycles. The molecule has 3 rings (SSSR count). The van der Waals surface area contributed by atoms with Gasteiger partial charge in [-0.05, 0) is 30.3 Å². The van der Waals surface area contributed by atoms with Crippen LogP contribution in [0, 0.1) is 0 Å². The Kier molecular flexibility index (Phi) is 7.11. The minimum atomic E-state index is -0.124. The standard InChI is InChI=1S/C21H30N4O4/c1-23(2)21(26)15-25-10-12-29-20(14-25)19-13-16(24(3)22-19)9-11-28-18-7-5-17(27-4)6-8-18/h5-8,13,20H,9-12,14-15H2,1-4H3. The molecule has 0 radical (unpaired) electrons. The van der Waals surface area contributed by atoms with Crippen LogP contribution < -0.4 is 9.47 Å². The molecular weight excluding hydrogens is 372 g/mol. The lowest BCUT2D eigenvalue weighted by Gasteiger charge is -2.32. The number of morpholine rings is 1. The number of carbonyl (C=O) groups is 1. The first-order chi connectivity index (χ1) is 14.0. The quantitative estimate of drug-likeness (QED) is 0.667. The summed E-state index contributed by atoms with van der Waals surface area (Å²) in [5.74, 6) is 1.72. The first-order valence-corrected chi connectivity index (χ1v) is 9.80. The van der Waals surface area contributed by atoms with E-state index >= 15 is 0 Å². The highest BCUT2D eigenvalue weighted by Gasteiger charge is 2.26. The van der Waals surface area contributed by atoms with Gasteiger partial charge < -0.3 is 19.1 Å². The zero-order valence-corrected chi connectivity index (χ0v) is 17.6. The van der Waals surface area contributed by atoms with Crippen LogP contribution in [0.5, 0.6) is 11.5 Å². The van der Waals surface area contributed by atoms with Gasteiger partial charge in [-0.2, -0.15) is 5.10 Å². The van der Waals surface area contributed by atoms with E-state index in [-0.39, 0.29) is 12.0 Å². The summed E-state index contributed by atoms with van der Waals surface area (Å²) in [5, 5.41) is 4.63. The van der Waals surface area contributed by atoms with Crippen LogP contribution in [-0.4, -0.2) is 79.5 Å². The van der Waals surface area contributed by atoms with Gasteiger partial charge in [-0.15, -0.1) is 0 Å². The molecular formula is C21H30N4O4. The minimum absolute atomic E-state index is 0.100. The van der Waals surface area contributed by atoms with Crippen LogP contribution in [0.1, 0.15) is 17.5 Å². The summed E-state index contributed by atoms with van der Waals surface area (Å²) in [6.45, 7) is 2.98. The van der Waals surface area contributed by atoms with Gasteiger partial charge in [0.05, 0.1) is 32.6 Å². The molecule has 1 amide bonds. The molecule has 29 heavy (non-hydrogen) atoms. The summed E-state index contributed by atoms with van der Waals surface area (Å²) < 4.78 is 18.8. The second-order valence-corrected chi connectivity index (χ2v) is 7.34. The van der Waals surface area contributed by atoms with Crippen LogP contribution in [-0.2, 0) is 23.0 Å². The number of hydrogen-bond donors (Lipinski definition) is 0. The van der Waals surface area contributed by atoms with Gasteiger partial charge in [0.2, 0.25) is 5.91 Å². The van der Waals surface area contributed by atoms with E-state index in [4.69, 9.17) is 14.2 Å². The van der Waals surface area contributed by atoms with Crippen LogP contribution in [0.3, 0.4) is 0 Å². The Bertz CT molecular complexity index is 804. The van der Waals surface area contributed by atoms with Crippen molar-refractivity contribution in [3.8, 4) is 11.5 Å². The average Bonchev–Trinajstić information content (AvgIpc) is 3.09. The van der Waals surface area contributed by atoms with E-state index in [0.717, 1.165) is 35.9 Å². The molecule has 1 aromatic carbocycles. The van der Waals surface area contributed by atoms with Crippen LogP contribution in [0.25, 0.3) is 0 Å². The maximum atomic E-state index is 12.0. The fraction of sp³-hybridized carbons (Fsp3) is 0.524. The SMILES string of the molecule is COc1ccc(OCCc2cc(C3CN(CC(=O)N(C)C)CCO3)nn2C)cc1. The molecule has 1 unspecified atom stereocenters. The van der Waals surface area contributed by atoms with Gasteiger partial charge in [-0.1, -0.05) is 0 Å². The number of likely N-dealkylation sites (N-methyl/N-ethyl adjacent to an activating group) is 1. The van der Waals surface area contributed by atoms with Gasteiger partial charge in [0.15, 0.2) is 0 Å². The van der Waals surface area contributed by atoms with Crippen molar-refractivity contribution < 1.29 is 19.0 Å². The summed E-state index contributed by atoms with van der Waals surface area (Å²) in [6.07, 6.45) is 0.617. The molecule has 1 aliphatic heterocycles. The van der Waals surface area contributed by atoms with Crippen LogP contribution in [0.2, 0.25) is 0 Å². The lowest BCUT2D eigenvalue weighted by atomic mass is 10.2. The number of aromatic nitrogens is 2. The summed E-state index contributed by atoms with van der Waals surface area (Å²) in [6, 6.07) is 9.62. The highest BCUT2D eigenvalue weighted by atomic mass is 16.5. The number of aryl methyl sites for hydroxylation is 1. The predicted octanol–water partition coefficient (Wildman–Crippen LogP) is 1.51. The van der Waals surface area contributed by atoms with E-state index in [1.807, 2.05) is 36.0 Å². The second kappa shape index (κ2) is 9.76. The molecule has 2 aromatic rings.